The number of rotatable bonds is 3. The number of thiazole rings is 1. The Bertz CT molecular complexity index is 973. The third kappa shape index (κ3) is 6.63. The highest BCUT2D eigenvalue weighted by atomic mass is 32.1. The van der Waals surface area contributed by atoms with Crippen LogP contribution in [-0.4, -0.2) is 45.8 Å². The van der Waals surface area contributed by atoms with Gasteiger partial charge in [0, 0.05) is 24.3 Å². The number of carbonyl (C=O) groups excluding carboxylic acids is 2. The zero-order chi connectivity index (χ0) is 26.8. The Labute approximate surface area is 219 Å². The number of aromatic nitrogens is 1. The van der Waals surface area contributed by atoms with Crippen LogP contribution in [0.1, 0.15) is 91.3 Å². The predicted molar refractivity (Wildman–Crippen MR) is 142 cm³/mol. The zero-order valence-electron chi connectivity index (χ0n) is 22.9. The number of esters is 1. The minimum absolute atomic E-state index is 0.00353. The monoisotopic (exact) mass is 520 g/mol. The lowest BCUT2D eigenvalue weighted by Crippen LogP contribution is -2.44. The number of ketones is 1. The molecule has 8 heteroatoms. The van der Waals surface area contributed by atoms with Crippen molar-refractivity contribution in [2.45, 2.75) is 111 Å². The normalized spacial score (nSPS) is 36.8. The van der Waals surface area contributed by atoms with Crippen LogP contribution in [0.15, 0.2) is 11.0 Å². The molecule has 0 saturated carbocycles. The molecule has 36 heavy (non-hydrogen) atoms. The largest absolute Gasteiger partial charge is 0.458 e. The van der Waals surface area contributed by atoms with E-state index >= 15 is 0 Å². The highest BCUT2D eigenvalue weighted by Gasteiger charge is 2.53. The summed E-state index contributed by atoms with van der Waals surface area (Å²) in [6.45, 7) is 14.1. The van der Waals surface area contributed by atoms with Gasteiger partial charge in [-0.2, -0.15) is 0 Å². The molecule has 0 aromatic carbocycles. The number of Topliss-reactive ketones (excluding diaryl/α,β-unsaturated/α-hetero) is 1. The molecular weight excluding hydrogens is 476 g/mol. The van der Waals surface area contributed by atoms with Crippen molar-refractivity contribution in [3.63, 3.8) is 0 Å². The van der Waals surface area contributed by atoms with E-state index in [9.17, 15) is 14.7 Å². The van der Waals surface area contributed by atoms with Crippen LogP contribution in [0.3, 0.4) is 0 Å². The van der Waals surface area contributed by atoms with Crippen LogP contribution >= 0.6 is 11.3 Å². The van der Waals surface area contributed by atoms with Crippen LogP contribution in [0.25, 0.3) is 6.08 Å². The maximum absolute atomic E-state index is 13.4. The average Bonchev–Trinajstić information content (AvgIpc) is 3.23. The molecule has 3 heterocycles. The van der Waals surface area contributed by atoms with E-state index in [2.05, 4.69) is 25.8 Å². The number of hydrogen-bond acceptors (Lipinski definition) is 8. The Kier molecular flexibility index (Phi) is 9.18. The lowest BCUT2D eigenvalue weighted by molar-refractivity contribution is -0.154. The van der Waals surface area contributed by atoms with Gasteiger partial charge in [0.05, 0.1) is 35.3 Å². The topological polar surface area (TPSA) is 115 Å². The molecule has 2 fully saturated rings. The molecule has 1 unspecified atom stereocenters. The van der Waals surface area contributed by atoms with Gasteiger partial charge in [-0.15, -0.1) is 11.3 Å². The van der Waals surface area contributed by atoms with Crippen LogP contribution in [0, 0.1) is 23.2 Å². The minimum Gasteiger partial charge on any atom is -0.458 e. The summed E-state index contributed by atoms with van der Waals surface area (Å²) in [7, 11) is 0. The van der Waals surface area contributed by atoms with E-state index in [1.165, 1.54) is 11.3 Å². The smallest absolute Gasteiger partial charge is 0.309 e. The summed E-state index contributed by atoms with van der Waals surface area (Å²) in [5.41, 5.74) is 6.05. The molecular formula is C28H44N2O5S. The fraction of sp³-hybridized carbons (Fsp3) is 0.750. The molecule has 0 aliphatic carbocycles. The fourth-order valence-corrected chi connectivity index (χ4v) is 5.91. The molecule has 1 aromatic rings. The van der Waals surface area contributed by atoms with E-state index in [4.69, 9.17) is 15.2 Å². The van der Waals surface area contributed by atoms with Crippen LogP contribution in [0.4, 0.5) is 0 Å². The fourth-order valence-electron chi connectivity index (χ4n) is 5.28. The molecule has 7 atom stereocenters. The maximum atomic E-state index is 13.4. The molecule has 1 aromatic heterocycles. The summed E-state index contributed by atoms with van der Waals surface area (Å²) in [6.07, 6.45) is 3.52. The molecule has 0 radical (unpaired) electrons. The molecule has 3 N–H and O–H groups in total. The van der Waals surface area contributed by atoms with E-state index in [0.29, 0.717) is 18.9 Å². The molecule has 2 aliphatic rings. The number of fused-ring (bicyclic) bond motifs is 1. The third-order valence-electron chi connectivity index (χ3n) is 8.63. The average molecular weight is 521 g/mol. The van der Waals surface area contributed by atoms with Crippen molar-refractivity contribution in [1.29, 1.82) is 0 Å². The number of aliphatic hydroxyl groups excluding tert-OH is 1. The van der Waals surface area contributed by atoms with Gasteiger partial charge in [-0.05, 0) is 43.8 Å². The first-order valence-corrected chi connectivity index (χ1v) is 14.1. The van der Waals surface area contributed by atoms with E-state index in [1.807, 2.05) is 25.3 Å². The van der Waals surface area contributed by atoms with Crippen LogP contribution in [0.5, 0.6) is 0 Å². The quantitative estimate of drug-likeness (QED) is 0.430. The lowest BCUT2D eigenvalue weighted by Gasteiger charge is -2.35. The molecule has 0 spiro atoms. The Morgan fingerprint density at radius 1 is 1.28 bits per heavy atom. The number of epoxide rings is 1. The number of ether oxygens (including phenoxy) is 2. The van der Waals surface area contributed by atoms with E-state index < -0.39 is 23.6 Å². The van der Waals surface area contributed by atoms with E-state index in [0.717, 1.165) is 35.5 Å². The summed E-state index contributed by atoms with van der Waals surface area (Å²) in [5, 5.41) is 13.7. The van der Waals surface area contributed by atoms with Crippen LogP contribution in [-0.2, 0) is 25.6 Å². The molecule has 0 bridgehead atoms. The molecule has 7 nitrogen and oxygen atoms in total. The van der Waals surface area contributed by atoms with Gasteiger partial charge >= 0.3 is 5.97 Å². The molecule has 0 amide bonds. The summed E-state index contributed by atoms with van der Waals surface area (Å²) in [5.74, 6) is -0.215. The first-order chi connectivity index (χ1) is 16.8. The molecule has 202 valence electrons. The summed E-state index contributed by atoms with van der Waals surface area (Å²) in [4.78, 5) is 30.9. The zero-order valence-corrected chi connectivity index (χ0v) is 23.7. The number of nitrogens with zero attached hydrogens (tertiary/aromatic N) is 1. The van der Waals surface area contributed by atoms with Crippen LogP contribution < -0.4 is 5.73 Å². The van der Waals surface area contributed by atoms with Gasteiger partial charge in [-0.3, -0.25) is 9.59 Å². The molecule has 2 aliphatic heterocycles. The first kappa shape index (κ1) is 29.0. The van der Waals surface area contributed by atoms with E-state index in [1.54, 1.807) is 13.8 Å². The third-order valence-corrected chi connectivity index (χ3v) is 9.51. The predicted octanol–water partition coefficient (Wildman–Crippen LogP) is 4.90. The van der Waals surface area contributed by atoms with Crippen molar-refractivity contribution in [1.82, 2.24) is 4.98 Å². The van der Waals surface area contributed by atoms with Gasteiger partial charge < -0.3 is 20.3 Å². The maximum Gasteiger partial charge on any atom is 0.309 e. The lowest BCUT2D eigenvalue weighted by atomic mass is 9.70. The second kappa shape index (κ2) is 11.4. The van der Waals surface area contributed by atoms with Crippen molar-refractivity contribution in [3.8, 4) is 0 Å². The Morgan fingerprint density at radius 2 is 1.97 bits per heavy atom. The number of hydrogen-bond donors (Lipinski definition) is 2. The van der Waals surface area contributed by atoms with E-state index in [-0.39, 0.29) is 35.7 Å². The molecule has 2 saturated heterocycles. The number of cyclic esters (lactones) is 1. The van der Waals surface area contributed by atoms with Crippen molar-refractivity contribution >= 4 is 29.2 Å². The number of aliphatic hydroxyl groups is 1. The van der Waals surface area contributed by atoms with Gasteiger partial charge in [0.1, 0.15) is 16.9 Å². The number of nitrogens with two attached hydrogens (primary N) is 1. The summed E-state index contributed by atoms with van der Waals surface area (Å²) < 4.78 is 12.0. The minimum atomic E-state index is -1.13. The van der Waals surface area contributed by atoms with Crippen molar-refractivity contribution in [3.05, 3.63) is 21.7 Å². The second-order valence-corrected chi connectivity index (χ2v) is 12.7. The van der Waals surface area contributed by atoms with Crippen molar-refractivity contribution in [2.75, 3.05) is 0 Å². The Hall–Kier alpha value is -1.61. The molecule has 3 rings (SSSR count). The van der Waals surface area contributed by atoms with Gasteiger partial charge in [0.2, 0.25) is 0 Å². The highest BCUT2D eigenvalue weighted by molar-refractivity contribution is 7.09. The highest BCUT2D eigenvalue weighted by Crippen LogP contribution is 2.45. The van der Waals surface area contributed by atoms with Crippen molar-refractivity contribution in [2.24, 2.45) is 28.9 Å². The SMILES string of the molecule is C/C(=C\c1csc(CN)n1)C1C[C@@H]2O[C@]2(C)CCC[C@H](C)[C@H](C)[C@@H](C)C(=O)C(C)(C)[C@@H](O)CC(=O)O1. The summed E-state index contributed by atoms with van der Waals surface area (Å²) >= 11 is 1.50. The van der Waals surface area contributed by atoms with Crippen LogP contribution in [0.2, 0.25) is 0 Å². The second-order valence-electron chi connectivity index (χ2n) is 11.7. The standard InChI is InChI=1S/C28H44N2O5S/c1-16-9-8-10-28(7)23(35-28)12-21(17(2)11-20-15-36-24(14-29)30-20)34-25(32)13-22(31)27(5,6)26(33)19(4)18(16)3/h11,15-16,18-19,21-23,31H,8-10,12-14,29H2,1-7H3/b17-11+/t16-,18-,19+,21?,22-,23-,28+/m0/s1. The number of carbonyl (C=O) groups is 2. The van der Waals surface area contributed by atoms with Gasteiger partial charge in [0.15, 0.2) is 0 Å². The Balaban J connectivity index is 1.85. The van der Waals surface area contributed by atoms with Gasteiger partial charge in [-0.1, -0.05) is 47.5 Å². The summed E-state index contributed by atoms with van der Waals surface area (Å²) in [6, 6.07) is 0. The van der Waals surface area contributed by atoms with Gasteiger partial charge in [0.25, 0.3) is 0 Å². The first-order valence-electron chi connectivity index (χ1n) is 13.2. The van der Waals surface area contributed by atoms with Crippen molar-refractivity contribution < 1.29 is 24.2 Å². The van der Waals surface area contributed by atoms with Gasteiger partial charge in [-0.25, -0.2) is 4.98 Å². The Morgan fingerprint density at radius 3 is 2.61 bits per heavy atom.